The van der Waals surface area contributed by atoms with Crippen LogP contribution in [0.5, 0.6) is 5.75 Å². The number of benzene rings is 2. The first-order valence-corrected chi connectivity index (χ1v) is 11.6. The largest absolute Gasteiger partial charge is 0.486 e. The molecule has 2 aromatic heterocycles. The number of anilines is 1. The van der Waals surface area contributed by atoms with Crippen LogP contribution in [0.15, 0.2) is 64.8 Å². The van der Waals surface area contributed by atoms with Gasteiger partial charge in [-0.2, -0.15) is 0 Å². The molecule has 0 aliphatic rings. The van der Waals surface area contributed by atoms with Gasteiger partial charge in [0.05, 0.1) is 12.1 Å². The van der Waals surface area contributed by atoms with Crippen LogP contribution >= 0.6 is 22.9 Å². The van der Waals surface area contributed by atoms with Crippen LogP contribution in [0.2, 0.25) is 5.02 Å². The molecule has 0 spiro atoms. The highest BCUT2D eigenvalue weighted by Crippen LogP contribution is 2.20. The normalized spacial score (nSPS) is 10.7. The lowest BCUT2D eigenvalue weighted by Crippen LogP contribution is -2.15. The van der Waals surface area contributed by atoms with Gasteiger partial charge in [0, 0.05) is 33.4 Å². The number of hydrogen-bond donors (Lipinski definition) is 2. The van der Waals surface area contributed by atoms with Crippen LogP contribution in [0.1, 0.15) is 23.3 Å². The number of hydrogen-bond acceptors (Lipinski definition) is 6. The SMILES string of the molecule is CCc1cc(=O)[nH]c(-c2cccc(NC(=O)Cc3csc(COc4ccc(Cl)cc4)n3)c2)n1. The van der Waals surface area contributed by atoms with Crippen LogP contribution in [0.25, 0.3) is 11.4 Å². The number of nitrogens with one attached hydrogen (secondary N) is 2. The summed E-state index contributed by atoms with van der Waals surface area (Å²) in [5.74, 6) is 0.987. The van der Waals surface area contributed by atoms with Crippen LogP contribution in [0.4, 0.5) is 5.69 Å². The smallest absolute Gasteiger partial charge is 0.251 e. The number of aryl methyl sites for hydroxylation is 1. The minimum absolute atomic E-state index is 0.141. The molecule has 4 aromatic rings. The number of ether oxygens (including phenoxy) is 1. The summed E-state index contributed by atoms with van der Waals surface area (Å²) in [5, 5.41) is 6.15. The molecule has 0 saturated carbocycles. The molecule has 0 unspecified atom stereocenters. The third-order valence-electron chi connectivity index (χ3n) is 4.69. The topological polar surface area (TPSA) is 97.0 Å². The lowest BCUT2D eigenvalue weighted by atomic mass is 10.1. The molecular weight excluding hydrogens is 460 g/mol. The van der Waals surface area contributed by atoms with Crippen molar-refractivity contribution >= 4 is 34.5 Å². The number of nitrogens with zero attached hydrogens (tertiary/aromatic N) is 2. The number of halogens is 1. The minimum Gasteiger partial charge on any atom is -0.486 e. The first-order valence-electron chi connectivity index (χ1n) is 10.3. The van der Waals surface area contributed by atoms with E-state index in [4.69, 9.17) is 16.3 Å². The van der Waals surface area contributed by atoms with Gasteiger partial charge in [-0.3, -0.25) is 9.59 Å². The van der Waals surface area contributed by atoms with E-state index in [0.717, 1.165) is 10.6 Å². The average molecular weight is 481 g/mol. The van der Waals surface area contributed by atoms with E-state index in [2.05, 4.69) is 20.3 Å². The van der Waals surface area contributed by atoms with Crippen molar-refractivity contribution in [2.75, 3.05) is 5.32 Å². The summed E-state index contributed by atoms with van der Waals surface area (Å²) >= 11 is 7.32. The van der Waals surface area contributed by atoms with Gasteiger partial charge in [-0.1, -0.05) is 30.7 Å². The molecule has 33 heavy (non-hydrogen) atoms. The van der Waals surface area contributed by atoms with Crippen LogP contribution in [0, 0.1) is 0 Å². The predicted octanol–water partition coefficient (Wildman–Crippen LogP) is 4.87. The van der Waals surface area contributed by atoms with Crippen molar-refractivity contribution in [1.29, 1.82) is 0 Å². The number of carbonyl (C=O) groups excluding carboxylic acids is 1. The number of aromatic amines is 1. The molecular formula is C24H21ClN4O3S. The van der Waals surface area contributed by atoms with Gasteiger partial charge < -0.3 is 15.0 Å². The quantitative estimate of drug-likeness (QED) is 0.375. The van der Waals surface area contributed by atoms with E-state index >= 15 is 0 Å². The summed E-state index contributed by atoms with van der Waals surface area (Å²) in [6.45, 7) is 2.26. The van der Waals surface area contributed by atoms with Crippen molar-refractivity contribution in [2.24, 2.45) is 0 Å². The number of carbonyl (C=O) groups is 1. The summed E-state index contributed by atoms with van der Waals surface area (Å²) in [6.07, 6.45) is 0.801. The minimum atomic E-state index is -0.203. The van der Waals surface area contributed by atoms with Gasteiger partial charge in [0.15, 0.2) is 0 Å². The van der Waals surface area contributed by atoms with Crippen LogP contribution in [0.3, 0.4) is 0 Å². The zero-order valence-corrected chi connectivity index (χ0v) is 19.4. The molecule has 2 N–H and O–H groups in total. The van der Waals surface area contributed by atoms with E-state index in [1.807, 2.05) is 18.4 Å². The lowest BCUT2D eigenvalue weighted by molar-refractivity contribution is -0.115. The van der Waals surface area contributed by atoms with Crippen LogP contribution in [-0.4, -0.2) is 20.9 Å². The number of thiazole rings is 1. The molecule has 2 aromatic carbocycles. The molecule has 1 amide bonds. The van der Waals surface area contributed by atoms with Crippen molar-refractivity contribution in [3.63, 3.8) is 0 Å². The zero-order chi connectivity index (χ0) is 23.2. The van der Waals surface area contributed by atoms with Gasteiger partial charge in [0.1, 0.15) is 23.2 Å². The van der Waals surface area contributed by atoms with Crippen LogP contribution < -0.4 is 15.6 Å². The second kappa shape index (κ2) is 10.4. The fourth-order valence-electron chi connectivity index (χ4n) is 3.11. The van der Waals surface area contributed by atoms with Crippen molar-refractivity contribution in [2.45, 2.75) is 26.4 Å². The second-order valence-electron chi connectivity index (χ2n) is 7.22. The molecule has 7 nitrogen and oxygen atoms in total. The Labute approximate surface area is 199 Å². The van der Waals surface area contributed by atoms with Gasteiger partial charge in [-0.05, 0) is 42.8 Å². The van der Waals surface area contributed by atoms with Crippen molar-refractivity contribution in [3.8, 4) is 17.1 Å². The predicted molar refractivity (Wildman–Crippen MR) is 130 cm³/mol. The van der Waals surface area contributed by atoms with Gasteiger partial charge in [0.25, 0.3) is 5.56 Å². The summed E-state index contributed by atoms with van der Waals surface area (Å²) in [4.78, 5) is 36.1. The Kier molecular flexibility index (Phi) is 7.16. The maximum atomic E-state index is 12.5. The first-order chi connectivity index (χ1) is 16.0. The van der Waals surface area contributed by atoms with Crippen molar-refractivity contribution in [1.82, 2.24) is 15.0 Å². The Morgan fingerprint density at radius 1 is 1.12 bits per heavy atom. The Hall–Kier alpha value is -3.49. The van der Waals surface area contributed by atoms with Crippen molar-refractivity contribution in [3.05, 3.63) is 91.7 Å². The Morgan fingerprint density at radius 3 is 2.73 bits per heavy atom. The summed E-state index contributed by atoms with van der Waals surface area (Å²) in [6, 6.07) is 15.8. The maximum absolute atomic E-state index is 12.5. The van der Waals surface area contributed by atoms with Crippen molar-refractivity contribution < 1.29 is 9.53 Å². The highest BCUT2D eigenvalue weighted by Gasteiger charge is 2.10. The molecule has 4 rings (SSSR count). The second-order valence-corrected chi connectivity index (χ2v) is 8.60. The number of amides is 1. The summed E-state index contributed by atoms with van der Waals surface area (Å²) in [7, 11) is 0. The van der Waals surface area contributed by atoms with E-state index in [1.54, 1.807) is 42.5 Å². The van der Waals surface area contributed by atoms with E-state index < -0.39 is 0 Å². The molecule has 0 aliphatic heterocycles. The van der Waals surface area contributed by atoms with E-state index in [9.17, 15) is 9.59 Å². The van der Waals surface area contributed by atoms with E-state index in [-0.39, 0.29) is 17.9 Å². The number of H-pyrrole nitrogens is 1. The lowest BCUT2D eigenvalue weighted by Gasteiger charge is -2.07. The third-order valence-corrected chi connectivity index (χ3v) is 5.82. The highest BCUT2D eigenvalue weighted by atomic mass is 35.5. The highest BCUT2D eigenvalue weighted by molar-refractivity contribution is 7.09. The third kappa shape index (κ3) is 6.27. The van der Waals surface area contributed by atoms with Gasteiger partial charge in [-0.15, -0.1) is 11.3 Å². The molecule has 0 radical (unpaired) electrons. The van der Waals surface area contributed by atoms with E-state index in [1.165, 1.54) is 17.4 Å². The standard InChI is InChI=1S/C24H21ClN4O3S/c1-2-17-11-22(31)29-24(28-17)15-4-3-5-18(10-15)26-21(30)12-19-14-33-23(27-19)13-32-20-8-6-16(25)7-9-20/h3-11,14H,2,12-13H2,1H3,(H,26,30)(H,28,29,31). The average Bonchev–Trinajstić information content (AvgIpc) is 3.25. The Balaban J connectivity index is 1.36. The maximum Gasteiger partial charge on any atom is 0.251 e. The van der Waals surface area contributed by atoms with Gasteiger partial charge in [-0.25, -0.2) is 9.97 Å². The summed E-state index contributed by atoms with van der Waals surface area (Å²) in [5.41, 5.74) is 2.51. The van der Waals surface area contributed by atoms with E-state index in [0.29, 0.717) is 46.7 Å². The Bertz CT molecular complexity index is 1320. The molecule has 0 aliphatic carbocycles. The molecule has 9 heteroatoms. The Morgan fingerprint density at radius 2 is 1.94 bits per heavy atom. The molecule has 0 saturated heterocycles. The fraction of sp³-hybridized carbons (Fsp3) is 0.167. The van der Waals surface area contributed by atoms with Gasteiger partial charge in [0.2, 0.25) is 5.91 Å². The molecule has 0 fully saturated rings. The zero-order valence-electron chi connectivity index (χ0n) is 17.8. The monoisotopic (exact) mass is 480 g/mol. The molecule has 0 atom stereocenters. The fourth-order valence-corrected chi connectivity index (χ4v) is 3.94. The molecule has 0 bridgehead atoms. The molecule has 2 heterocycles. The van der Waals surface area contributed by atoms with Gasteiger partial charge >= 0.3 is 0 Å². The summed E-state index contributed by atoms with van der Waals surface area (Å²) < 4.78 is 5.70. The molecule has 168 valence electrons. The number of aromatic nitrogens is 3. The number of rotatable bonds is 8. The first kappa shape index (κ1) is 22.7. The van der Waals surface area contributed by atoms with Crippen LogP contribution in [-0.2, 0) is 24.2 Å².